The van der Waals surface area contributed by atoms with Gasteiger partial charge in [0.2, 0.25) is 5.91 Å². The fourth-order valence-electron chi connectivity index (χ4n) is 2.22. The van der Waals surface area contributed by atoms with Gasteiger partial charge in [-0.05, 0) is 23.6 Å². The highest BCUT2D eigenvalue weighted by atomic mass is 79.9. The molecule has 1 amide bonds. The fourth-order valence-corrected chi connectivity index (χ4v) is 2.49. The Kier molecular flexibility index (Phi) is 5.18. The molecule has 110 valence electrons. The number of carbonyl (C=O) groups is 1. The van der Waals surface area contributed by atoms with Crippen LogP contribution in [0.4, 0.5) is 0 Å². The van der Waals surface area contributed by atoms with Gasteiger partial charge >= 0.3 is 0 Å². The number of amides is 1. The van der Waals surface area contributed by atoms with Gasteiger partial charge in [0, 0.05) is 11.0 Å². The molecule has 5 heteroatoms. The summed E-state index contributed by atoms with van der Waals surface area (Å²) in [6.45, 7) is 5.68. The van der Waals surface area contributed by atoms with E-state index in [-0.39, 0.29) is 17.9 Å². The number of carbonyl (C=O) groups excluding carboxylic acids is 1. The van der Waals surface area contributed by atoms with Crippen LogP contribution in [0, 0.1) is 5.92 Å². The van der Waals surface area contributed by atoms with Crippen LogP contribution in [-0.4, -0.2) is 36.5 Å². The highest BCUT2D eigenvalue weighted by Gasteiger charge is 2.29. The van der Waals surface area contributed by atoms with Gasteiger partial charge in [0.1, 0.15) is 6.10 Å². The third kappa shape index (κ3) is 3.59. The van der Waals surface area contributed by atoms with Gasteiger partial charge in [0.25, 0.3) is 0 Å². The average Bonchev–Trinajstić information content (AvgIpc) is 2.46. The molecule has 1 aliphatic heterocycles. The van der Waals surface area contributed by atoms with Gasteiger partial charge in [-0.15, -0.1) is 0 Å². The minimum Gasteiger partial charge on any atom is -0.370 e. The molecule has 1 heterocycles. The van der Waals surface area contributed by atoms with Crippen molar-refractivity contribution in [2.75, 3.05) is 19.7 Å². The van der Waals surface area contributed by atoms with Gasteiger partial charge in [-0.1, -0.05) is 41.9 Å². The van der Waals surface area contributed by atoms with E-state index in [9.17, 15) is 4.79 Å². The quantitative estimate of drug-likeness (QED) is 0.918. The van der Waals surface area contributed by atoms with Crippen LogP contribution in [0.3, 0.4) is 0 Å². The zero-order chi connectivity index (χ0) is 14.7. The van der Waals surface area contributed by atoms with Crippen LogP contribution in [0.15, 0.2) is 28.7 Å². The number of ether oxygens (including phenoxy) is 1. The highest BCUT2D eigenvalue weighted by Crippen LogP contribution is 2.24. The van der Waals surface area contributed by atoms with E-state index in [2.05, 4.69) is 15.9 Å². The molecule has 2 rings (SSSR count). The van der Waals surface area contributed by atoms with Crippen molar-refractivity contribution in [2.24, 2.45) is 11.7 Å². The molecule has 0 radical (unpaired) electrons. The monoisotopic (exact) mass is 340 g/mol. The lowest BCUT2D eigenvalue weighted by Crippen LogP contribution is -2.51. The zero-order valence-corrected chi connectivity index (χ0v) is 13.5. The third-order valence-electron chi connectivity index (χ3n) is 3.62. The lowest BCUT2D eigenvalue weighted by Gasteiger charge is -2.35. The van der Waals surface area contributed by atoms with Crippen LogP contribution < -0.4 is 5.73 Å². The molecular weight excluding hydrogens is 320 g/mol. The Balaban J connectivity index is 2.05. The molecule has 0 unspecified atom stereocenters. The second-order valence-electron chi connectivity index (χ2n) is 5.47. The Hall–Kier alpha value is -0.910. The van der Waals surface area contributed by atoms with Crippen molar-refractivity contribution in [3.8, 4) is 0 Å². The van der Waals surface area contributed by atoms with E-state index in [0.717, 1.165) is 10.0 Å². The van der Waals surface area contributed by atoms with E-state index in [1.807, 2.05) is 43.0 Å². The fraction of sp³-hybridized carbons (Fsp3) is 0.533. The van der Waals surface area contributed by atoms with E-state index in [0.29, 0.717) is 19.7 Å². The van der Waals surface area contributed by atoms with E-state index in [1.165, 1.54) is 0 Å². The minimum absolute atomic E-state index is 0.0189. The molecule has 0 aliphatic carbocycles. The molecular formula is C15H21BrN2O2. The number of halogens is 1. The molecule has 0 bridgehead atoms. The average molecular weight is 341 g/mol. The number of nitrogens with zero attached hydrogens (tertiary/aromatic N) is 1. The molecule has 4 nitrogen and oxygen atoms in total. The Bertz CT molecular complexity index is 461. The van der Waals surface area contributed by atoms with E-state index in [1.54, 1.807) is 0 Å². The summed E-state index contributed by atoms with van der Waals surface area (Å²) in [7, 11) is 0. The summed E-state index contributed by atoms with van der Waals surface area (Å²) in [5, 5.41) is 0. The molecule has 2 N–H and O–H groups in total. The molecule has 1 aromatic rings. The van der Waals surface area contributed by atoms with Crippen molar-refractivity contribution in [1.29, 1.82) is 0 Å². The first-order valence-corrected chi connectivity index (χ1v) is 7.69. The second kappa shape index (κ2) is 6.70. The van der Waals surface area contributed by atoms with E-state index >= 15 is 0 Å². The summed E-state index contributed by atoms with van der Waals surface area (Å²) in [5.41, 5.74) is 7.04. The number of hydrogen-bond donors (Lipinski definition) is 1. The van der Waals surface area contributed by atoms with Crippen molar-refractivity contribution in [2.45, 2.75) is 26.0 Å². The van der Waals surface area contributed by atoms with Crippen molar-refractivity contribution in [3.05, 3.63) is 34.3 Å². The first-order valence-electron chi connectivity index (χ1n) is 6.90. The summed E-state index contributed by atoms with van der Waals surface area (Å²) >= 11 is 3.42. The van der Waals surface area contributed by atoms with Crippen LogP contribution in [0.25, 0.3) is 0 Å². The number of benzene rings is 1. The second-order valence-corrected chi connectivity index (χ2v) is 6.38. The largest absolute Gasteiger partial charge is 0.370 e. The van der Waals surface area contributed by atoms with Crippen molar-refractivity contribution < 1.29 is 9.53 Å². The zero-order valence-electron chi connectivity index (χ0n) is 11.9. The van der Waals surface area contributed by atoms with Crippen LogP contribution in [0.2, 0.25) is 0 Å². The van der Waals surface area contributed by atoms with Gasteiger partial charge in [-0.25, -0.2) is 0 Å². The molecule has 0 saturated carbocycles. The summed E-state index contributed by atoms with van der Waals surface area (Å²) in [6, 6.07) is 7.58. The predicted octanol–water partition coefficient (Wildman–Crippen LogP) is 2.33. The van der Waals surface area contributed by atoms with E-state index < -0.39 is 6.04 Å². The summed E-state index contributed by atoms with van der Waals surface area (Å²) in [4.78, 5) is 14.1. The van der Waals surface area contributed by atoms with Gasteiger partial charge < -0.3 is 15.4 Å². The molecule has 1 fully saturated rings. The van der Waals surface area contributed by atoms with Crippen LogP contribution in [0.1, 0.15) is 25.5 Å². The van der Waals surface area contributed by atoms with Gasteiger partial charge in [0.05, 0.1) is 19.2 Å². The Labute approximate surface area is 128 Å². The lowest BCUT2D eigenvalue weighted by atomic mass is 10.0. The molecule has 1 aromatic carbocycles. The Morgan fingerprint density at radius 3 is 2.65 bits per heavy atom. The van der Waals surface area contributed by atoms with Crippen LogP contribution >= 0.6 is 15.9 Å². The van der Waals surface area contributed by atoms with Gasteiger partial charge in [-0.3, -0.25) is 4.79 Å². The van der Waals surface area contributed by atoms with Gasteiger partial charge in [0.15, 0.2) is 0 Å². The number of nitrogens with two attached hydrogens (primary N) is 1. The lowest BCUT2D eigenvalue weighted by molar-refractivity contribution is -0.141. The number of morpholine rings is 1. The van der Waals surface area contributed by atoms with E-state index in [4.69, 9.17) is 10.5 Å². The summed E-state index contributed by atoms with van der Waals surface area (Å²) in [6.07, 6.45) is -0.0693. The van der Waals surface area contributed by atoms with Crippen molar-refractivity contribution >= 4 is 21.8 Å². The first-order chi connectivity index (χ1) is 9.49. The minimum atomic E-state index is -0.432. The number of hydrogen-bond acceptors (Lipinski definition) is 3. The van der Waals surface area contributed by atoms with Crippen molar-refractivity contribution in [3.63, 3.8) is 0 Å². The SMILES string of the molecule is CC(C)[C@@H](N)C(=O)N1CCO[C@H](c2ccc(Br)cc2)C1. The predicted molar refractivity (Wildman–Crippen MR) is 82.2 cm³/mol. The maximum atomic E-state index is 12.3. The maximum Gasteiger partial charge on any atom is 0.239 e. The summed E-state index contributed by atoms with van der Waals surface area (Å²) in [5.74, 6) is 0.168. The number of rotatable bonds is 3. The van der Waals surface area contributed by atoms with Gasteiger partial charge in [-0.2, -0.15) is 0 Å². The summed E-state index contributed by atoms with van der Waals surface area (Å²) < 4.78 is 6.81. The Morgan fingerprint density at radius 2 is 2.05 bits per heavy atom. The molecule has 0 aromatic heterocycles. The maximum absolute atomic E-state index is 12.3. The highest BCUT2D eigenvalue weighted by molar-refractivity contribution is 9.10. The van der Waals surface area contributed by atoms with Crippen LogP contribution in [0.5, 0.6) is 0 Å². The van der Waals surface area contributed by atoms with Crippen molar-refractivity contribution in [1.82, 2.24) is 4.90 Å². The first kappa shape index (κ1) is 15.5. The standard InChI is InChI=1S/C15H21BrN2O2/c1-10(2)14(17)15(19)18-7-8-20-13(9-18)11-3-5-12(16)6-4-11/h3-6,10,13-14H,7-9,17H2,1-2H3/t13-,14+/m0/s1. The normalized spacial score (nSPS) is 21.1. The molecule has 20 heavy (non-hydrogen) atoms. The molecule has 1 saturated heterocycles. The molecule has 2 atom stereocenters. The third-order valence-corrected chi connectivity index (χ3v) is 4.15. The molecule has 1 aliphatic rings. The smallest absolute Gasteiger partial charge is 0.239 e. The molecule has 0 spiro atoms. The topological polar surface area (TPSA) is 55.6 Å². The van der Waals surface area contributed by atoms with Crippen LogP contribution in [-0.2, 0) is 9.53 Å². The Morgan fingerprint density at radius 1 is 1.40 bits per heavy atom.